The molecule has 0 saturated carbocycles. The van der Waals surface area contributed by atoms with Crippen LogP contribution in [0.1, 0.15) is 10.4 Å². The van der Waals surface area contributed by atoms with Gasteiger partial charge in [0.1, 0.15) is 5.65 Å². The maximum atomic E-state index is 10.6. The van der Waals surface area contributed by atoms with E-state index in [1.54, 1.807) is 24.0 Å². The van der Waals surface area contributed by atoms with Gasteiger partial charge in [0, 0.05) is 30.4 Å². The lowest BCUT2D eigenvalue weighted by Gasteiger charge is -1.93. The summed E-state index contributed by atoms with van der Waals surface area (Å²) in [5, 5.41) is 0.910. The highest BCUT2D eigenvalue weighted by atomic mass is 35.5. The molecule has 0 aliphatic heterocycles. The largest absolute Gasteiger partial charge is 0.335 e. The number of hydrogen-bond acceptors (Lipinski definition) is 3. The molecule has 2 aromatic heterocycles. The fraction of sp³-hybridized carbons (Fsp3) is 0.125. The van der Waals surface area contributed by atoms with Crippen LogP contribution in [0.15, 0.2) is 12.4 Å². The van der Waals surface area contributed by atoms with Crippen LogP contribution in [0.2, 0.25) is 5.28 Å². The van der Waals surface area contributed by atoms with Crippen molar-refractivity contribution in [1.29, 1.82) is 0 Å². The first kappa shape index (κ1) is 8.19. The molecule has 2 heterocycles. The third-order valence-corrected chi connectivity index (χ3v) is 2.03. The number of hydrogen-bond donors (Lipinski definition) is 0. The highest BCUT2D eigenvalue weighted by Gasteiger charge is 2.07. The Morgan fingerprint density at radius 1 is 1.62 bits per heavy atom. The predicted molar refractivity (Wildman–Crippen MR) is 48.9 cm³/mol. The van der Waals surface area contributed by atoms with E-state index >= 15 is 0 Å². The van der Waals surface area contributed by atoms with E-state index in [1.807, 2.05) is 0 Å². The summed E-state index contributed by atoms with van der Waals surface area (Å²) in [6.45, 7) is 0. The number of halogens is 1. The van der Waals surface area contributed by atoms with E-state index in [0.717, 1.165) is 11.7 Å². The lowest BCUT2D eigenvalue weighted by Crippen LogP contribution is -1.89. The van der Waals surface area contributed by atoms with Gasteiger partial charge in [0.15, 0.2) is 6.29 Å². The van der Waals surface area contributed by atoms with Crippen molar-refractivity contribution in [1.82, 2.24) is 14.5 Å². The van der Waals surface area contributed by atoms with Gasteiger partial charge in [-0.25, -0.2) is 4.98 Å². The lowest BCUT2D eigenvalue weighted by molar-refractivity contribution is 0.112. The highest BCUT2D eigenvalue weighted by molar-refractivity contribution is 6.28. The molecule has 0 amide bonds. The second-order valence-electron chi connectivity index (χ2n) is 2.69. The van der Waals surface area contributed by atoms with Gasteiger partial charge in [0.25, 0.3) is 0 Å². The van der Waals surface area contributed by atoms with E-state index in [-0.39, 0.29) is 5.28 Å². The van der Waals surface area contributed by atoms with Gasteiger partial charge in [0.2, 0.25) is 5.28 Å². The topological polar surface area (TPSA) is 47.8 Å². The molecule has 0 aliphatic rings. The molecule has 0 radical (unpaired) electrons. The molecule has 2 rings (SSSR count). The van der Waals surface area contributed by atoms with E-state index < -0.39 is 0 Å². The Kier molecular flexibility index (Phi) is 1.77. The number of aromatic nitrogens is 3. The predicted octanol–water partition coefficient (Wildman–Crippen LogP) is 1.43. The maximum Gasteiger partial charge on any atom is 0.224 e. The number of fused-ring (bicyclic) bond motifs is 1. The zero-order valence-electron chi connectivity index (χ0n) is 6.86. The summed E-state index contributed by atoms with van der Waals surface area (Å²) >= 11 is 5.62. The summed E-state index contributed by atoms with van der Waals surface area (Å²) in [5.74, 6) is 0. The van der Waals surface area contributed by atoms with Crippen LogP contribution in [0.4, 0.5) is 0 Å². The van der Waals surface area contributed by atoms with Crippen molar-refractivity contribution in [2.45, 2.75) is 0 Å². The minimum absolute atomic E-state index is 0.186. The third kappa shape index (κ3) is 1.19. The summed E-state index contributed by atoms with van der Waals surface area (Å²) < 4.78 is 1.74. The summed E-state index contributed by atoms with van der Waals surface area (Å²) in [6, 6.07) is 0. The fourth-order valence-corrected chi connectivity index (χ4v) is 1.39. The van der Waals surface area contributed by atoms with Gasteiger partial charge in [-0.05, 0) is 11.6 Å². The van der Waals surface area contributed by atoms with Crippen LogP contribution in [0.5, 0.6) is 0 Å². The van der Waals surface area contributed by atoms with Gasteiger partial charge in [0.05, 0.1) is 0 Å². The van der Waals surface area contributed by atoms with E-state index in [4.69, 9.17) is 11.6 Å². The normalized spacial score (nSPS) is 10.6. The average molecular weight is 196 g/mol. The van der Waals surface area contributed by atoms with Crippen LogP contribution in [-0.2, 0) is 7.05 Å². The summed E-state index contributed by atoms with van der Waals surface area (Å²) in [7, 11) is 1.80. The molecule has 2 aromatic rings. The molecule has 13 heavy (non-hydrogen) atoms. The molecule has 66 valence electrons. The number of carbonyl (C=O) groups is 1. The van der Waals surface area contributed by atoms with Crippen LogP contribution >= 0.6 is 11.6 Å². The Morgan fingerprint density at radius 3 is 3.08 bits per heavy atom. The molecule has 0 saturated heterocycles. The zero-order valence-corrected chi connectivity index (χ0v) is 7.62. The first-order valence-electron chi connectivity index (χ1n) is 3.65. The number of rotatable bonds is 1. The van der Waals surface area contributed by atoms with E-state index in [1.165, 1.54) is 0 Å². The fourth-order valence-electron chi connectivity index (χ4n) is 1.26. The van der Waals surface area contributed by atoms with Crippen LogP contribution in [0.25, 0.3) is 11.0 Å². The standard InChI is InChI=1S/C8H6ClN3O/c1-12-3-5(4-13)6-2-10-8(9)11-7(6)12/h2-4H,1H3. The van der Waals surface area contributed by atoms with Crippen LogP contribution in [-0.4, -0.2) is 20.8 Å². The van der Waals surface area contributed by atoms with Gasteiger partial charge in [-0.3, -0.25) is 4.79 Å². The Balaban J connectivity index is 2.88. The Morgan fingerprint density at radius 2 is 2.38 bits per heavy atom. The smallest absolute Gasteiger partial charge is 0.224 e. The van der Waals surface area contributed by atoms with Crippen LogP contribution in [0.3, 0.4) is 0 Å². The first-order valence-corrected chi connectivity index (χ1v) is 4.03. The van der Waals surface area contributed by atoms with Crippen molar-refractivity contribution in [3.8, 4) is 0 Å². The summed E-state index contributed by atoms with van der Waals surface area (Å²) in [4.78, 5) is 18.4. The second kappa shape index (κ2) is 2.81. The SMILES string of the molecule is Cn1cc(C=O)c2cnc(Cl)nc21. The lowest BCUT2D eigenvalue weighted by atomic mass is 10.3. The molecule has 0 bridgehead atoms. The van der Waals surface area contributed by atoms with E-state index in [2.05, 4.69) is 9.97 Å². The van der Waals surface area contributed by atoms with Crippen LogP contribution < -0.4 is 0 Å². The molecule has 5 heteroatoms. The molecule has 0 fully saturated rings. The van der Waals surface area contributed by atoms with Crippen molar-refractivity contribution >= 4 is 28.9 Å². The number of aryl methyl sites for hydroxylation is 1. The molecule has 0 aliphatic carbocycles. The molecule has 0 spiro atoms. The summed E-state index contributed by atoms with van der Waals surface area (Å²) in [5.41, 5.74) is 1.25. The van der Waals surface area contributed by atoms with Gasteiger partial charge < -0.3 is 4.57 Å². The van der Waals surface area contributed by atoms with Crippen molar-refractivity contribution in [3.63, 3.8) is 0 Å². The second-order valence-corrected chi connectivity index (χ2v) is 3.03. The van der Waals surface area contributed by atoms with Crippen molar-refractivity contribution in [2.75, 3.05) is 0 Å². The van der Waals surface area contributed by atoms with Gasteiger partial charge >= 0.3 is 0 Å². The van der Waals surface area contributed by atoms with E-state index in [9.17, 15) is 4.79 Å². The maximum absolute atomic E-state index is 10.6. The van der Waals surface area contributed by atoms with Gasteiger partial charge in [-0.15, -0.1) is 0 Å². The molecule has 0 N–H and O–H groups in total. The first-order chi connectivity index (χ1) is 6.22. The zero-order chi connectivity index (χ0) is 9.42. The number of carbonyl (C=O) groups excluding carboxylic acids is 1. The molecule has 0 atom stereocenters. The molecular formula is C8H6ClN3O. The Labute approximate surface area is 79.2 Å². The molecule has 0 aromatic carbocycles. The van der Waals surface area contributed by atoms with Crippen molar-refractivity contribution in [2.24, 2.45) is 7.05 Å². The minimum Gasteiger partial charge on any atom is -0.335 e. The molecular weight excluding hydrogens is 190 g/mol. The quantitative estimate of drug-likeness (QED) is 0.511. The molecule has 4 nitrogen and oxygen atoms in total. The van der Waals surface area contributed by atoms with E-state index in [0.29, 0.717) is 11.2 Å². The Hall–Kier alpha value is -1.42. The monoisotopic (exact) mass is 195 g/mol. The third-order valence-electron chi connectivity index (χ3n) is 1.84. The average Bonchev–Trinajstić information content (AvgIpc) is 2.43. The molecule has 0 unspecified atom stereocenters. The minimum atomic E-state index is 0.186. The summed E-state index contributed by atoms with van der Waals surface area (Å²) in [6.07, 6.45) is 4.02. The number of nitrogens with zero attached hydrogens (tertiary/aromatic N) is 3. The van der Waals surface area contributed by atoms with Gasteiger partial charge in [-0.1, -0.05) is 0 Å². The van der Waals surface area contributed by atoms with Crippen molar-refractivity contribution in [3.05, 3.63) is 23.2 Å². The van der Waals surface area contributed by atoms with Crippen LogP contribution in [0, 0.1) is 0 Å². The number of aldehydes is 1. The Bertz CT molecular complexity index is 477. The van der Waals surface area contributed by atoms with Crippen molar-refractivity contribution < 1.29 is 4.79 Å². The van der Waals surface area contributed by atoms with Gasteiger partial charge in [-0.2, -0.15) is 4.98 Å². The highest BCUT2D eigenvalue weighted by Crippen LogP contribution is 2.17.